The molecular formula is C15H24N2S. The van der Waals surface area contributed by atoms with E-state index in [2.05, 4.69) is 26.1 Å². The summed E-state index contributed by atoms with van der Waals surface area (Å²) in [5.74, 6) is 0.701. The van der Waals surface area contributed by atoms with Gasteiger partial charge in [-0.3, -0.25) is 0 Å². The molecule has 2 fully saturated rings. The number of thiazole rings is 1. The van der Waals surface area contributed by atoms with Crippen molar-refractivity contribution in [3.8, 4) is 0 Å². The quantitative estimate of drug-likeness (QED) is 0.848. The van der Waals surface area contributed by atoms with Crippen LogP contribution in [0.25, 0.3) is 0 Å². The van der Waals surface area contributed by atoms with E-state index >= 15 is 0 Å². The third-order valence-electron chi connectivity index (χ3n) is 4.02. The lowest BCUT2D eigenvalue weighted by molar-refractivity contribution is 0.620. The largest absolute Gasteiger partial charge is 0.309 e. The molecule has 0 atom stereocenters. The molecule has 1 aromatic heterocycles. The Morgan fingerprint density at radius 3 is 2.67 bits per heavy atom. The van der Waals surface area contributed by atoms with Gasteiger partial charge < -0.3 is 5.32 Å². The molecule has 1 aromatic rings. The molecule has 2 nitrogen and oxygen atoms in total. The molecule has 1 N–H and O–H groups in total. The Morgan fingerprint density at radius 1 is 1.39 bits per heavy atom. The molecule has 0 amide bonds. The number of nitrogens with zero attached hydrogens (tertiary/aromatic N) is 1. The van der Waals surface area contributed by atoms with Crippen LogP contribution in [0, 0.1) is 5.92 Å². The van der Waals surface area contributed by atoms with Crippen LogP contribution in [0.15, 0.2) is 0 Å². The van der Waals surface area contributed by atoms with Gasteiger partial charge in [0, 0.05) is 22.9 Å². The first-order chi connectivity index (χ1) is 8.57. The summed E-state index contributed by atoms with van der Waals surface area (Å²) >= 11 is 1.97. The Bertz CT molecular complexity index is 428. The number of rotatable bonds is 6. The van der Waals surface area contributed by atoms with E-state index in [1.54, 1.807) is 0 Å². The molecule has 100 valence electrons. The van der Waals surface area contributed by atoms with Crippen molar-refractivity contribution in [2.24, 2.45) is 5.92 Å². The smallest absolute Gasteiger partial charge is 0.0990 e. The number of hydrogen-bond acceptors (Lipinski definition) is 3. The molecule has 0 spiro atoms. The van der Waals surface area contributed by atoms with Crippen LogP contribution in [-0.2, 0) is 18.4 Å². The van der Waals surface area contributed by atoms with Crippen LogP contribution in [0.3, 0.4) is 0 Å². The van der Waals surface area contributed by atoms with Gasteiger partial charge in [-0.15, -0.1) is 11.3 Å². The first kappa shape index (κ1) is 12.6. The topological polar surface area (TPSA) is 24.9 Å². The molecule has 0 saturated heterocycles. The zero-order valence-corrected chi connectivity index (χ0v) is 12.6. The molecule has 0 radical (unpaired) electrons. The van der Waals surface area contributed by atoms with E-state index < -0.39 is 0 Å². The molecule has 2 aliphatic rings. The number of nitrogens with one attached hydrogen (secondary N) is 1. The van der Waals surface area contributed by atoms with E-state index in [4.69, 9.17) is 4.98 Å². The minimum absolute atomic E-state index is 0.425. The van der Waals surface area contributed by atoms with Gasteiger partial charge >= 0.3 is 0 Å². The normalized spacial score (nSPS) is 21.6. The third-order valence-corrected chi connectivity index (χ3v) is 5.43. The van der Waals surface area contributed by atoms with E-state index in [0.29, 0.717) is 11.3 Å². The highest BCUT2D eigenvalue weighted by Gasteiger charge is 2.42. The summed E-state index contributed by atoms with van der Waals surface area (Å²) in [6.07, 6.45) is 6.52. The molecule has 3 heteroatoms. The fourth-order valence-electron chi connectivity index (χ4n) is 2.25. The molecular weight excluding hydrogens is 240 g/mol. The lowest BCUT2D eigenvalue weighted by Crippen LogP contribution is -2.15. The van der Waals surface area contributed by atoms with Crippen molar-refractivity contribution in [1.29, 1.82) is 0 Å². The van der Waals surface area contributed by atoms with Gasteiger partial charge in [0.25, 0.3) is 0 Å². The molecule has 0 aliphatic heterocycles. The Hall–Kier alpha value is -0.410. The summed E-state index contributed by atoms with van der Waals surface area (Å²) in [7, 11) is 0. The van der Waals surface area contributed by atoms with E-state index in [1.807, 2.05) is 11.3 Å². The minimum atomic E-state index is 0.425. The van der Waals surface area contributed by atoms with Crippen molar-refractivity contribution in [3.63, 3.8) is 0 Å². The lowest BCUT2D eigenvalue weighted by Gasteiger charge is -2.05. The highest BCUT2D eigenvalue weighted by Crippen LogP contribution is 2.49. The van der Waals surface area contributed by atoms with E-state index in [1.165, 1.54) is 41.3 Å². The zero-order chi connectivity index (χ0) is 12.8. The zero-order valence-electron chi connectivity index (χ0n) is 11.8. The Labute approximate surface area is 114 Å². The number of hydrogen-bond donors (Lipinski definition) is 1. The molecule has 1 heterocycles. The maximum Gasteiger partial charge on any atom is 0.0990 e. The van der Waals surface area contributed by atoms with Crippen molar-refractivity contribution >= 4 is 11.3 Å². The maximum absolute atomic E-state index is 4.96. The molecule has 0 unspecified atom stereocenters. The predicted molar refractivity (Wildman–Crippen MR) is 77.1 cm³/mol. The average Bonchev–Trinajstić information content (AvgIpc) is 3.20. The van der Waals surface area contributed by atoms with Crippen LogP contribution in [-0.4, -0.2) is 11.0 Å². The predicted octanol–water partition coefficient (Wildman–Crippen LogP) is 3.65. The fraction of sp³-hybridized carbons (Fsp3) is 0.800. The van der Waals surface area contributed by atoms with Gasteiger partial charge in [0.05, 0.1) is 10.7 Å². The Morgan fingerprint density at radius 2 is 2.11 bits per heavy atom. The second kappa shape index (κ2) is 4.61. The van der Waals surface area contributed by atoms with Gasteiger partial charge in [0.1, 0.15) is 0 Å². The maximum atomic E-state index is 4.96. The molecule has 3 rings (SSSR count). The van der Waals surface area contributed by atoms with Gasteiger partial charge in [-0.05, 0) is 38.0 Å². The third kappa shape index (κ3) is 2.77. The van der Waals surface area contributed by atoms with Crippen LogP contribution >= 0.6 is 11.3 Å². The Kier molecular flexibility index (Phi) is 3.23. The first-order valence-corrected chi connectivity index (χ1v) is 8.11. The van der Waals surface area contributed by atoms with Gasteiger partial charge in [0.15, 0.2) is 0 Å². The lowest BCUT2D eigenvalue weighted by atomic mass is 10.1. The van der Waals surface area contributed by atoms with Crippen molar-refractivity contribution in [1.82, 2.24) is 10.3 Å². The molecule has 18 heavy (non-hydrogen) atoms. The first-order valence-electron chi connectivity index (χ1n) is 7.29. The number of aromatic nitrogens is 1. The van der Waals surface area contributed by atoms with E-state index in [-0.39, 0.29) is 0 Å². The van der Waals surface area contributed by atoms with Crippen LogP contribution in [0.2, 0.25) is 0 Å². The SMILES string of the molecule is CC(C)Cc1nc(C2(C)CC2)sc1CNC1CC1. The molecule has 0 aromatic carbocycles. The second-order valence-corrected chi connectivity index (χ2v) is 7.79. The van der Waals surface area contributed by atoms with Gasteiger partial charge in [-0.1, -0.05) is 20.8 Å². The van der Waals surface area contributed by atoms with Crippen molar-refractivity contribution in [3.05, 3.63) is 15.6 Å². The summed E-state index contributed by atoms with van der Waals surface area (Å²) < 4.78 is 0. The highest BCUT2D eigenvalue weighted by atomic mass is 32.1. The minimum Gasteiger partial charge on any atom is -0.309 e. The summed E-state index contributed by atoms with van der Waals surface area (Å²) in [4.78, 5) is 6.46. The van der Waals surface area contributed by atoms with Crippen molar-refractivity contribution in [2.45, 2.75) is 70.9 Å². The summed E-state index contributed by atoms with van der Waals surface area (Å²) in [5.41, 5.74) is 1.79. The van der Waals surface area contributed by atoms with Gasteiger partial charge in [-0.25, -0.2) is 4.98 Å². The highest BCUT2D eigenvalue weighted by molar-refractivity contribution is 7.12. The van der Waals surface area contributed by atoms with E-state index in [9.17, 15) is 0 Å². The van der Waals surface area contributed by atoms with Crippen LogP contribution < -0.4 is 5.32 Å². The second-order valence-electron chi connectivity index (χ2n) is 6.70. The standard InChI is InChI=1S/C15H24N2S/c1-10(2)8-12-13(9-16-11-4-5-11)18-14(17-12)15(3)6-7-15/h10-11,16H,4-9H2,1-3H3. The van der Waals surface area contributed by atoms with Crippen LogP contribution in [0.1, 0.15) is 62.0 Å². The molecule has 0 bridgehead atoms. The van der Waals surface area contributed by atoms with Gasteiger partial charge in [-0.2, -0.15) is 0 Å². The van der Waals surface area contributed by atoms with Crippen molar-refractivity contribution in [2.75, 3.05) is 0 Å². The molecule has 2 aliphatic carbocycles. The van der Waals surface area contributed by atoms with Crippen LogP contribution in [0.5, 0.6) is 0 Å². The Balaban J connectivity index is 1.76. The average molecular weight is 264 g/mol. The fourth-order valence-corrected chi connectivity index (χ4v) is 3.49. The summed E-state index contributed by atoms with van der Waals surface area (Å²) in [6.45, 7) is 7.98. The summed E-state index contributed by atoms with van der Waals surface area (Å²) in [5, 5.41) is 5.04. The van der Waals surface area contributed by atoms with Crippen molar-refractivity contribution < 1.29 is 0 Å². The van der Waals surface area contributed by atoms with E-state index in [0.717, 1.165) is 19.0 Å². The summed E-state index contributed by atoms with van der Waals surface area (Å²) in [6, 6.07) is 0.791. The molecule has 2 saturated carbocycles. The van der Waals surface area contributed by atoms with Crippen LogP contribution in [0.4, 0.5) is 0 Å². The van der Waals surface area contributed by atoms with Gasteiger partial charge in [0.2, 0.25) is 0 Å². The monoisotopic (exact) mass is 264 g/mol.